The molecule has 1 aromatic rings. The molecule has 1 atom stereocenters. The molecule has 0 saturated heterocycles. The van der Waals surface area contributed by atoms with Crippen molar-refractivity contribution in [2.75, 3.05) is 6.61 Å². The molecule has 1 N–H and O–H groups in total. The zero-order chi connectivity index (χ0) is 12.5. The summed E-state index contributed by atoms with van der Waals surface area (Å²) in [6.45, 7) is 5.33. The molecule has 3 nitrogen and oxygen atoms in total. The fourth-order valence-electron chi connectivity index (χ4n) is 2.23. The first-order valence-electron chi connectivity index (χ1n) is 6.91. The Bertz CT molecular complexity index is 296. The maximum Gasteiger partial charge on any atom is 0.111 e. The van der Waals surface area contributed by atoms with E-state index in [9.17, 15) is 0 Å². The highest BCUT2D eigenvalue weighted by Crippen LogP contribution is 2.20. The van der Waals surface area contributed by atoms with Gasteiger partial charge < -0.3 is 9.67 Å². The van der Waals surface area contributed by atoms with E-state index in [4.69, 9.17) is 5.11 Å². The molecule has 0 aromatic carbocycles. The number of rotatable bonds is 9. The Labute approximate surface area is 105 Å². The second kappa shape index (κ2) is 8.29. The van der Waals surface area contributed by atoms with Crippen molar-refractivity contribution in [1.82, 2.24) is 9.55 Å². The first kappa shape index (κ1) is 14.2. The van der Waals surface area contributed by atoms with Gasteiger partial charge in [-0.25, -0.2) is 4.98 Å². The largest absolute Gasteiger partial charge is 0.395 e. The summed E-state index contributed by atoms with van der Waals surface area (Å²) in [4.78, 5) is 4.40. The smallest absolute Gasteiger partial charge is 0.111 e. The average molecular weight is 238 g/mol. The normalized spacial score (nSPS) is 12.9. The third-order valence-corrected chi connectivity index (χ3v) is 3.27. The van der Waals surface area contributed by atoms with Crippen LogP contribution in [-0.4, -0.2) is 21.3 Å². The molecule has 98 valence electrons. The molecule has 0 aliphatic heterocycles. The Balaban J connectivity index is 2.30. The zero-order valence-corrected chi connectivity index (χ0v) is 11.2. The predicted octanol–water partition coefficient (Wildman–Crippen LogP) is 3.34. The molecule has 3 heteroatoms. The minimum atomic E-state index is 0.187. The summed E-state index contributed by atoms with van der Waals surface area (Å²) in [5, 5.41) is 8.97. The molecule has 1 aromatic heterocycles. The van der Waals surface area contributed by atoms with E-state index in [1.54, 1.807) is 0 Å². The zero-order valence-electron chi connectivity index (χ0n) is 11.2. The summed E-state index contributed by atoms with van der Waals surface area (Å²) in [5.41, 5.74) is 0. The van der Waals surface area contributed by atoms with Gasteiger partial charge in [0.1, 0.15) is 5.82 Å². The van der Waals surface area contributed by atoms with Crippen LogP contribution in [0.3, 0.4) is 0 Å². The third-order valence-electron chi connectivity index (χ3n) is 3.27. The summed E-state index contributed by atoms with van der Waals surface area (Å²) in [6, 6.07) is 0. The molecule has 0 spiro atoms. The van der Waals surface area contributed by atoms with Crippen LogP contribution < -0.4 is 0 Å². The van der Waals surface area contributed by atoms with Crippen molar-refractivity contribution in [2.45, 2.75) is 64.8 Å². The highest BCUT2D eigenvalue weighted by molar-refractivity contribution is 4.98. The van der Waals surface area contributed by atoms with Crippen molar-refractivity contribution in [3.63, 3.8) is 0 Å². The predicted molar refractivity (Wildman–Crippen MR) is 71.1 cm³/mol. The molecule has 1 rings (SSSR count). The van der Waals surface area contributed by atoms with Gasteiger partial charge >= 0.3 is 0 Å². The van der Waals surface area contributed by atoms with Crippen LogP contribution in [0.2, 0.25) is 0 Å². The van der Waals surface area contributed by atoms with Gasteiger partial charge in [0.25, 0.3) is 0 Å². The number of aromatic nitrogens is 2. The molecule has 0 aliphatic carbocycles. The van der Waals surface area contributed by atoms with E-state index in [1.807, 2.05) is 12.4 Å². The van der Waals surface area contributed by atoms with Crippen molar-refractivity contribution in [3.8, 4) is 0 Å². The van der Waals surface area contributed by atoms with Gasteiger partial charge in [-0.05, 0) is 6.42 Å². The van der Waals surface area contributed by atoms with E-state index in [1.165, 1.54) is 38.5 Å². The van der Waals surface area contributed by atoms with Crippen LogP contribution in [0.1, 0.15) is 64.1 Å². The molecule has 1 unspecified atom stereocenters. The van der Waals surface area contributed by atoms with Crippen LogP contribution in [0.15, 0.2) is 12.4 Å². The highest BCUT2D eigenvalue weighted by atomic mass is 16.3. The van der Waals surface area contributed by atoms with Gasteiger partial charge in [0, 0.05) is 24.9 Å². The van der Waals surface area contributed by atoms with Crippen LogP contribution in [0.4, 0.5) is 0 Å². The van der Waals surface area contributed by atoms with Crippen LogP contribution in [0.5, 0.6) is 0 Å². The number of nitrogens with zero attached hydrogens (tertiary/aromatic N) is 2. The average Bonchev–Trinajstić information content (AvgIpc) is 2.77. The van der Waals surface area contributed by atoms with E-state index in [2.05, 4.69) is 23.4 Å². The molecule has 17 heavy (non-hydrogen) atoms. The van der Waals surface area contributed by atoms with Crippen LogP contribution in [0.25, 0.3) is 0 Å². The Kier molecular flexibility index (Phi) is 6.94. The molecule has 0 radical (unpaired) electrons. The van der Waals surface area contributed by atoms with Gasteiger partial charge in [0.05, 0.1) is 6.61 Å². The number of imidazole rings is 1. The minimum absolute atomic E-state index is 0.187. The Hall–Kier alpha value is -0.830. The summed E-state index contributed by atoms with van der Waals surface area (Å²) in [7, 11) is 0. The van der Waals surface area contributed by atoms with E-state index in [-0.39, 0.29) is 6.61 Å². The van der Waals surface area contributed by atoms with Crippen LogP contribution in [0, 0.1) is 0 Å². The number of aliphatic hydroxyl groups is 1. The Morgan fingerprint density at radius 2 is 2.06 bits per heavy atom. The lowest BCUT2D eigenvalue weighted by atomic mass is 10.0. The van der Waals surface area contributed by atoms with Gasteiger partial charge in [0.15, 0.2) is 0 Å². The van der Waals surface area contributed by atoms with Crippen LogP contribution in [-0.2, 0) is 6.54 Å². The third kappa shape index (κ3) is 4.90. The van der Waals surface area contributed by atoms with E-state index < -0.39 is 0 Å². The molecular weight excluding hydrogens is 212 g/mol. The number of unbranched alkanes of at least 4 members (excludes halogenated alkanes) is 4. The lowest BCUT2D eigenvalue weighted by Gasteiger charge is -2.13. The monoisotopic (exact) mass is 238 g/mol. The summed E-state index contributed by atoms with van der Waals surface area (Å²) < 4.78 is 2.07. The van der Waals surface area contributed by atoms with Gasteiger partial charge in [-0.15, -0.1) is 0 Å². The van der Waals surface area contributed by atoms with Gasteiger partial charge in [-0.2, -0.15) is 0 Å². The fraction of sp³-hybridized carbons (Fsp3) is 0.786. The lowest BCUT2D eigenvalue weighted by Crippen LogP contribution is -2.09. The van der Waals surface area contributed by atoms with Crippen molar-refractivity contribution in [1.29, 1.82) is 0 Å². The van der Waals surface area contributed by atoms with Crippen molar-refractivity contribution in [3.05, 3.63) is 18.2 Å². The van der Waals surface area contributed by atoms with Crippen molar-refractivity contribution in [2.24, 2.45) is 0 Å². The number of hydrogen-bond donors (Lipinski definition) is 1. The van der Waals surface area contributed by atoms with Crippen LogP contribution >= 0.6 is 0 Å². The summed E-state index contributed by atoms with van der Waals surface area (Å²) in [6.07, 6.45) is 11.6. The second-order valence-corrected chi connectivity index (χ2v) is 4.81. The van der Waals surface area contributed by atoms with Gasteiger partial charge in [-0.3, -0.25) is 0 Å². The molecule has 0 aliphatic rings. The quantitative estimate of drug-likeness (QED) is 0.670. The molecule has 1 heterocycles. The maximum absolute atomic E-state index is 8.97. The molecular formula is C14H26N2O. The van der Waals surface area contributed by atoms with Gasteiger partial charge in [0.2, 0.25) is 0 Å². The molecule has 0 fully saturated rings. The molecule has 0 saturated carbocycles. The topological polar surface area (TPSA) is 38.0 Å². The first-order valence-corrected chi connectivity index (χ1v) is 6.91. The summed E-state index contributed by atoms with van der Waals surface area (Å²) in [5.74, 6) is 1.62. The molecule has 0 amide bonds. The standard InChI is InChI=1S/C14H26N2O/c1-3-4-5-6-7-8-13(2)14-15-9-10-16(14)11-12-17/h9-10,13,17H,3-8,11-12H2,1-2H3. The Morgan fingerprint density at radius 3 is 2.76 bits per heavy atom. The van der Waals surface area contributed by atoms with Crippen molar-refractivity contribution < 1.29 is 5.11 Å². The van der Waals surface area contributed by atoms with E-state index in [0.29, 0.717) is 12.5 Å². The minimum Gasteiger partial charge on any atom is -0.395 e. The van der Waals surface area contributed by atoms with Gasteiger partial charge in [-0.1, -0.05) is 46.0 Å². The number of aliphatic hydroxyl groups excluding tert-OH is 1. The first-order chi connectivity index (χ1) is 8.29. The Morgan fingerprint density at radius 1 is 1.29 bits per heavy atom. The lowest BCUT2D eigenvalue weighted by molar-refractivity contribution is 0.273. The number of hydrogen-bond acceptors (Lipinski definition) is 2. The summed E-state index contributed by atoms with van der Waals surface area (Å²) >= 11 is 0. The van der Waals surface area contributed by atoms with E-state index in [0.717, 1.165) is 5.82 Å². The van der Waals surface area contributed by atoms with E-state index >= 15 is 0 Å². The SMILES string of the molecule is CCCCCCCC(C)c1nccn1CCO. The maximum atomic E-state index is 8.97. The fourth-order valence-corrected chi connectivity index (χ4v) is 2.23. The molecule has 0 bridgehead atoms. The van der Waals surface area contributed by atoms with Crippen molar-refractivity contribution >= 4 is 0 Å². The highest BCUT2D eigenvalue weighted by Gasteiger charge is 2.11. The second-order valence-electron chi connectivity index (χ2n) is 4.81.